The maximum atomic E-state index is 11.9. The van der Waals surface area contributed by atoms with E-state index in [2.05, 4.69) is 26.1 Å². The third-order valence-corrected chi connectivity index (χ3v) is 3.14. The van der Waals surface area contributed by atoms with Crippen molar-refractivity contribution >= 4 is 5.97 Å². The number of carbonyl (C=O) groups is 1. The number of ether oxygens (including phenoxy) is 1. The molecule has 1 aliphatic rings. The van der Waals surface area contributed by atoms with Gasteiger partial charge in [-0.05, 0) is 44.6 Å². The summed E-state index contributed by atoms with van der Waals surface area (Å²) in [6.45, 7) is 9.32. The molecule has 1 fully saturated rings. The van der Waals surface area contributed by atoms with Crippen molar-refractivity contribution in [1.29, 1.82) is 0 Å². The molecule has 3 atom stereocenters. The Morgan fingerprint density at radius 3 is 2.69 bits per heavy atom. The monoisotopic (exact) mass is 227 g/mol. The molecule has 0 aromatic carbocycles. The molecular weight excluding hydrogens is 202 g/mol. The van der Waals surface area contributed by atoms with Crippen molar-refractivity contribution in [2.45, 2.75) is 59.1 Å². The van der Waals surface area contributed by atoms with Crippen molar-refractivity contribution in [1.82, 2.24) is 5.32 Å². The van der Waals surface area contributed by atoms with Gasteiger partial charge in [-0.25, -0.2) is 0 Å². The Bertz CT molecular complexity index is 228. The van der Waals surface area contributed by atoms with Crippen LogP contribution in [0.5, 0.6) is 0 Å². The Labute approximate surface area is 98.9 Å². The number of hydrogen-bond acceptors (Lipinski definition) is 3. The van der Waals surface area contributed by atoms with Crippen molar-refractivity contribution in [2.24, 2.45) is 11.8 Å². The standard InChI is InChI=1S/C13H25NO2/c1-9(2)8-11(4)16-13(15)12-10(3)6-5-7-14-12/h9-12,14H,5-8H2,1-4H3. The minimum absolute atomic E-state index is 0.0310. The van der Waals surface area contributed by atoms with E-state index >= 15 is 0 Å². The summed E-state index contributed by atoms with van der Waals surface area (Å²) in [4.78, 5) is 11.9. The molecule has 94 valence electrons. The highest BCUT2D eigenvalue weighted by Gasteiger charge is 2.29. The summed E-state index contributed by atoms with van der Waals surface area (Å²) in [6, 6.07) is -0.0941. The topological polar surface area (TPSA) is 38.3 Å². The predicted octanol–water partition coefficient (Wildman–Crippen LogP) is 2.35. The highest BCUT2D eigenvalue weighted by molar-refractivity contribution is 5.76. The first-order valence-corrected chi connectivity index (χ1v) is 6.44. The molecular formula is C13H25NO2. The molecule has 0 aromatic heterocycles. The average Bonchev–Trinajstić information content (AvgIpc) is 2.16. The Hall–Kier alpha value is -0.570. The largest absolute Gasteiger partial charge is 0.461 e. The van der Waals surface area contributed by atoms with Gasteiger partial charge in [0.05, 0.1) is 6.10 Å². The fourth-order valence-corrected chi connectivity index (χ4v) is 2.35. The molecule has 0 aromatic rings. The van der Waals surface area contributed by atoms with Crippen LogP contribution in [-0.2, 0) is 9.53 Å². The highest BCUT2D eigenvalue weighted by atomic mass is 16.5. The van der Waals surface area contributed by atoms with E-state index in [1.54, 1.807) is 0 Å². The molecule has 0 radical (unpaired) electrons. The van der Waals surface area contributed by atoms with Gasteiger partial charge in [-0.2, -0.15) is 0 Å². The van der Waals surface area contributed by atoms with E-state index in [0.29, 0.717) is 11.8 Å². The summed E-state index contributed by atoms with van der Waals surface area (Å²) in [5.74, 6) is 0.896. The van der Waals surface area contributed by atoms with Crippen LogP contribution < -0.4 is 5.32 Å². The molecule has 1 saturated heterocycles. The van der Waals surface area contributed by atoms with Gasteiger partial charge in [0.2, 0.25) is 0 Å². The molecule has 16 heavy (non-hydrogen) atoms. The van der Waals surface area contributed by atoms with Crippen molar-refractivity contribution < 1.29 is 9.53 Å². The van der Waals surface area contributed by atoms with Crippen LogP contribution in [0.25, 0.3) is 0 Å². The fraction of sp³-hybridized carbons (Fsp3) is 0.923. The molecule has 1 aliphatic heterocycles. The number of esters is 1. The predicted molar refractivity (Wildman–Crippen MR) is 65.2 cm³/mol. The van der Waals surface area contributed by atoms with Crippen LogP contribution in [0.3, 0.4) is 0 Å². The molecule has 0 aliphatic carbocycles. The Morgan fingerprint density at radius 2 is 2.12 bits per heavy atom. The van der Waals surface area contributed by atoms with Crippen LogP contribution in [-0.4, -0.2) is 24.7 Å². The van der Waals surface area contributed by atoms with E-state index in [1.165, 1.54) is 0 Å². The molecule has 0 amide bonds. The van der Waals surface area contributed by atoms with E-state index in [9.17, 15) is 4.79 Å². The molecule has 1 N–H and O–H groups in total. The summed E-state index contributed by atoms with van der Waals surface area (Å²) in [5.41, 5.74) is 0. The van der Waals surface area contributed by atoms with Gasteiger partial charge in [-0.1, -0.05) is 20.8 Å². The van der Waals surface area contributed by atoms with Crippen molar-refractivity contribution in [3.63, 3.8) is 0 Å². The van der Waals surface area contributed by atoms with E-state index in [0.717, 1.165) is 25.8 Å². The van der Waals surface area contributed by atoms with Gasteiger partial charge in [0.1, 0.15) is 6.04 Å². The van der Waals surface area contributed by atoms with Gasteiger partial charge in [-0.3, -0.25) is 4.79 Å². The van der Waals surface area contributed by atoms with Crippen LogP contribution in [0.15, 0.2) is 0 Å². The molecule has 0 spiro atoms. The zero-order valence-corrected chi connectivity index (χ0v) is 11.0. The zero-order valence-electron chi connectivity index (χ0n) is 11.0. The lowest BCUT2D eigenvalue weighted by atomic mass is 9.93. The van der Waals surface area contributed by atoms with Crippen molar-refractivity contribution in [3.05, 3.63) is 0 Å². The third-order valence-electron chi connectivity index (χ3n) is 3.14. The Balaban J connectivity index is 2.38. The van der Waals surface area contributed by atoms with Gasteiger partial charge in [0, 0.05) is 0 Å². The van der Waals surface area contributed by atoms with Crippen LogP contribution in [0, 0.1) is 11.8 Å². The number of hydrogen-bond donors (Lipinski definition) is 1. The van der Waals surface area contributed by atoms with Crippen LogP contribution >= 0.6 is 0 Å². The number of rotatable bonds is 4. The lowest BCUT2D eigenvalue weighted by Gasteiger charge is -2.29. The minimum atomic E-state index is -0.0941. The molecule has 1 heterocycles. The van der Waals surface area contributed by atoms with Gasteiger partial charge in [-0.15, -0.1) is 0 Å². The van der Waals surface area contributed by atoms with E-state index in [4.69, 9.17) is 4.74 Å². The maximum Gasteiger partial charge on any atom is 0.323 e. The number of piperidine rings is 1. The first-order valence-electron chi connectivity index (χ1n) is 6.44. The zero-order chi connectivity index (χ0) is 12.1. The Kier molecular flexibility index (Phi) is 5.26. The van der Waals surface area contributed by atoms with Crippen molar-refractivity contribution in [3.8, 4) is 0 Å². The highest BCUT2D eigenvalue weighted by Crippen LogP contribution is 2.18. The normalized spacial score (nSPS) is 27.8. The summed E-state index contributed by atoms with van der Waals surface area (Å²) >= 11 is 0. The summed E-state index contributed by atoms with van der Waals surface area (Å²) in [6.07, 6.45) is 3.24. The fourth-order valence-electron chi connectivity index (χ4n) is 2.35. The van der Waals surface area contributed by atoms with Crippen molar-refractivity contribution in [2.75, 3.05) is 6.54 Å². The number of nitrogens with one attached hydrogen (secondary N) is 1. The summed E-state index contributed by atoms with van der Waals surface area (Å²) in [5, 5.41) is 3.25. The second-order valence-electron chi connectivity index (χ2n) is 5.43. The van der Waals surface area contributed by atoms with E-state index in [-0.39, 0.29) is 18.1 Å². The quantitative estimate of drug-likeness (QED) is 0.749. The molecule has 1 rings (SSSR count). The second-order valence-corrected chi connectivity index (χ2v) is 5.43. The maximum absolute atomic E-state index is 11.9. The Morgan fingerprint density at radius 1 is 1.44 bits per heavy atom. The van der Waals surface area contributed by atoms with Gasteiger partial charge in [0.25, 0.3) is 0 Å². The SMILES string of the molecule is CC(C)CC(C)OC(=O)C1NCCCC1C. The lowest BCUT2D eigenvalue weighted by Crippen LogP contribution is -2.47. The third kappa shape index (κ3) is 4.12. The molecule has 3 heteroatoms. The van der Waals surface area contributed by atoms with E-state index in [1.807, 2.05) is 6.92 Å². The van der Waals surface area contributed by atoms with Gasteiger partial charge < -0.3 is 10.1 Å². The number of carbonyl (C=O) groups excluding carboxylic acids is 1. The smallest absolute Gasteiger partial charge is 0.323 e. The molecule has 3 unspecified atom stereocenters. The van der Waals surface area contributed by atoms with Gasteiger partial charge >= 0.3 is 5.97 Å². The minimum Gasteiger partial charge on any atom is -0.461 e. The lowest BCUT2D eigenvalue weighted by molar-refractivity contribution is -0.153. The van der Waals surface area contributed by atoms with E-state index < -0.39 is 0 Å². The van der Waals surface area contributed by atoms with Gasteiger partial charge in [0.15, 0.2) is 0 Å². The average molecular weight is 227 g/mol. The molecule has 3 nitrogen and oxygen atoms in total. The summed E-state index contributed by atoms with van der Waals surface area (Å²) < 4.78 is 5.47. The molecule has 0 bridgehead atoms. The summed E-state index contributed by atoms with van der Waals surface area (Å²) in [7, 11) is 0. The molecule has 0 saturated carbocycles. The first-order chi connectivity index (χ1) is 7.50. The van der Waals surface area contributed by atoms with Crippen LogP contribution in [0.4, 0.5) is 0 Å². The van der Waals surface area contributed by atoms with Crippen LogP contribution in [0.1, 0.15) is 47.0 Å². The first kappa shape index (κ1) is 13.5. The van der Waals surface area contributed by atoms with Crippen LogP contribution in [0.2, 0.25) is 0 Å². The second kappa shape index (κ2) is 6.24.